The highest BCUT2D eigenvalue weighted by molar-refractivity contribution is 5.70. The average molecular weight is 246 g/mol. The third-order valence-electron chi connectivity index (χ3n) is 2.44. The van der Waals surface area contributed by atoms with Crippen LogP contribution in [0.1, 0.15) is 32.8 Å². The highest BCUT2D eigenvalue weighted by Crippen LogP contribution is 2.24. The van der Waals surface area contributed by atoms with Crippen LogP contribution in [0.2, 0.25) is 0 Å². The van der Waals surface area contributed by atoms with E-state index in [2.05, 4.69) is 26.1 Å². The van der Waals surface area contributed by atoms with E-state index in [1.54, 1.807) is 12.1 Å². The van der Waals surface area contributed by atoms with Gasteiger partial charge < -0.3 is 10.1 Å². The third-order valence-corrected chi connectivity index (χ3v) is 2.44. The van der Waals surface area contributed by atoms with Crippen LogP contribution in [0.3, 0.4) is 0 Å². The Morgan fingerprint density at radius 3 is 2.44 bits per heavy atom. The van der Waals surface area contributed by atoms with Gasteiger partial charge >= 0.3 is 6.09 Å². The van der Waals surface area contributed by atoms with Crippen molar-refractivity contribution in [3.05, 3.63) is 29.8 Å². The number of amides is 1. The largest absolute Gasteiger partial charge is 0.412 e. The minimum atomic E-state index is -0.534. The number of hydrogen-bond acceptors (Lipinski definition) is 3. The van der Waals surface area contributed by atoms with Crippen molar-refractivity contribution in [2.45, 2.75) is 32.6 Å². The molecule has 0 spiro atoms. The molecule has 0 aliphatic heterocycles. The van der Waals surface area contributed by atoms with Crippen molar-refractivity contribution in [3.8, 4) is 11.8 Å². The van der Waals surface area contributed by atoms with Crippen molar-refractivity contribution in [1.29, 1.82) is 5.26 Å². The van der Waals surface area contributed by atoms with E-state index in [-0.39, 0.29) is 11.8 Å². The van der Waals surface area contributed by atoms with Crippen molar-refractivity contribution < 1.29 is 9.53 Å². The minimum absolute atomic E-state index is 0.0770. The van der Waals surface area contributed by atoms with Crippen LogP contribution in [0.5, 0.6) is 5.75 Å². The lowest BCUT2D eigenvalue weighted by molar-refractivity contribution is 0.201. The number of nitrogens with zero attached hydrogens (tertiary/aromatic N) is 1. The van der Waals surface area contributed by atoms with Crippen LogP contribution < -0.4 is 10.1 Å². The molecule has 0 heterocycles. The van der Waals surface area contributed by atoms with Gasteiger partial charge in [0.25, 0.3) is 0 Å². The van der Waals surface area contributed by atoms with Gasteiger partial charge in [0.15, 0.2) is 0 Å². The molecule has 0 unspecified atom stereocenters. The molecule has 0 saturated carbocycles. The van der Waals surface area contributed by atoms with Gasteiger partial charge in [-0.15, -0.1) is 0 Å². The Morgan fingerprint density at radius 1 is 1.33 bits per heavy atom. The molecule has 4 nitrogen and oxygen atoms in total. The molecule has 0 bridgehead atoms. The topological polar surface area (TPSA) is 62.1 Å². The molecule has 0 aliphatic rings. The van der Waals surface area contributed by atoms with Crippen LogP contribution in [-0.2, 0) is 5.41 Å². The molecule has 0 saturated heterocycles. The summed E-state index contributed by atoms with van der Waals surface area (Å²) in [6, 6.07) is 9.36. The first-order valence-corrected chi connectivity index (χ1v) is 5.86. The zero-order valence-electron chi connectivity index (χ0n) is 11.0. The molecule has 96 valence electrons. The summed E-state index contributed by atoms with van der Waals surface area (Å²) < 4.78 is 5.07. The van der Waals surface area contributed by atoms with Gasteiger partial charge in [0.1, 0.15) is 5.75 Å². The molecular weight excluding hydrogens is 228 g/mol. The fourth-order valence-electron chi connectivity index (χ4n) is 1.39. The van der Waals surface area contributed by atoms with Gasteiger partial charge in [-0.2, -0.15) is 5.26 Å². The Morgan fingerprint density at radius 2 is 1.94 bits per heavy atom. The zero-order valence-corrected chi connectivity index (χ0v) is 11.0. The molecule has 1 N–H and O–H groups in total. The van der Waals surface area contributed by atoms with Gasteiger partial charge in [-0.1, -0.05) is 32.9 Å². The zero-order chi connectivity index (χ0) is 13.6. The summed E-state index contributed by atoms with van der Waals surface area (Å²) in [5.41, 5.74) is 1.26. The quantitative estimate of drug-likeness (QED) is 0.834. The summed E-state index contributed by atoms with van der Waals surface area (Å²) in [4.78, 5) is 11.3. The van der Waals surface area contributed by atoms with E-state index in [0.717, 1.165) is 0 Å². The van der Waals surface area contributed by atoms with Crippen LogP contribution in [0.4, 0.5) is 4.79 Å². The molecular formula is C14H18N2O2. The predicted molar refractivity (Wildman–Crippen MR) is 69.4 cm³/mol. The molecule has 4 heteroatoms. The highest BCUT2D eigenvalue weighted by Gasteiger charge is 2.13. The number of carbonyl (C=O) groups excluding carboxylic acids is 1. The fraction of sp³-hybridized carbons (Fsp3) is 0.429. The molecule has 0 fully saturated rings. The summed E-state index contributed by atoms with van der Waals surface area (Å²) >= 11 is 0. The number of ether oxygens (including phenoxy) is 1. The van der Waals surface area contributed by atoms with Gasteiger partial charge in [-0.25, -0.2) is 4.79 Å². The van der Waals surface area contributed by atoms with E-state index in [1.165, 1.54) is 5.56 Å². The Kier molecular flexibility index (Phi) is 4.73. The summed E-state index contributed by atoms with van der Waals surface area (Å²) in [5, 5.41) is 10.8. The average Bonchev–Trinajstić information content (AvgIpc) is 2.29. The first-order chi connectivity index (χ1) is 8.43. The van der Waals surface area contributed by atoms with Crippen molar-refractivity contribution >= 4 is 6.09 Å². The van der Waals surface area contributed by atoms with Crippen LogP contribution in [0.25, 0.3) is 0 Å². The van der Waals surface area contributed by atoms with Crippen molar-refractivity contribution in [2.24, 2.45) is 0 Å². The third kappa shape index (κ3) is 4.46. The van der Waals surface area contributed by atoms with E-state index in [9.17, 15) is 4.79 Å². The molecule has 18 heavy (non-hydrogen) atoms. The van der Waals surface area contributed by atoms with Crippen LogP contribution >= 0.6 is 0 Å². The summed E-state index contributed by atoms with van der Waals surface area (Å²) in [7, 11) is 0. The van der Waals surface area contributed by atoms with Crippen LogP contribution in [0, 0.1) is 11.3 Å². The lowest BCUT2D eigenvalue weighted by Gasteiger charge is -2.18. The fourth-order valence-corrected chi connectivity index (χ4v) is 1.39. The Labute approximate surface area is 108 Å². The maximum absolute atomic E-state index is 11.3. The molecule has 1 aromatic carbocycles. The van der Waals surface area contributed by atoms with E-state index >= 15 is 0 Å². The smallest absolute Gasteiger partial charge is 0.410 e. The van der Waals surface area contributed by atoms with E-state index in [0.29, 0.717) is 12.3 Å². The molecule has 0 radical (unpaired) electrons. The lowest BCUT2D eigenvalue weighted by atomic mass is 9.87. The molecule has 0 aliphatic carbocycles. The normalized spacial score (nSPS) is 10.6. The second-order valence-electron chi connectivity index (χ2n) is 5.00. The van der Waals surface area contributed by atoms with Gasteiger partial charge in [0, 0.05) is 6.54 Å². The van der Waals surface area contributed by atoms with Crippen molar-refractivity contribution in [1.82, 2.24) is 5.32 Å². The predicted octanol–water partition coefficient (Wildman–Crippen LogP) is 2.99. The number of benzene rings is 1. The number of hydrogen-bond donors (Lipinski definition) is 1. The maximum atomic E-state index is 11.3. The van der Waals surface area contributed by atoms with Gasteiger partial charge in [0.05, 0.1) is 12.5 Å². The number of nitrogens with one attached hydrogen (secondary N) is 1. The van der Waals surface area contributed by atoms with E-state index < -0.39 is 6.09 Å². The van der Waals surface area contributed by atoms with E-state index in [1.807, 2.05) is 18.2 Å². The molecule has 0 atom stereocenters. The van der Waals surface area contributed by atoms with Crippen LogP contribution in [0.15, 0.2) is 24.3 Å². The second kappa shape index (κ2) is 6.06. The first-order valence-electron chi connectivity index (χ1n) is 5.86. The van der Waals surface area contributed by atoms with Gasteiger partial charge in [-0.3, -0.25) is 0 Å². The monoisotopic (exact) mass is 246 g/mol. The Balaban J connectivity index is 2.54. The standard InChI is InChI=1S/C14H18N2O2/c1-14(2,3)11-5-7-12(8-6-11)18-13(17)16-10-4-9-15/h5-8H,4,10H2,1-3H3,(H,16,17). The summed E-state index contributed by atoms with van der Waals surface area (Å²) in [6.07, 6.45) is -0.258. The molecule has 1 aromatic rings. The van der Waals surface area contributed by atoms with E-state index in [4.69, 9.17) is 10.00 Å². The first kappa shape index (κ1) is 14.0. The maximum Gasteiger partial charge on any atom is 0.412 e. The lowest BCUT2D eigenvalue weighted by Crippen LogP contribution is -2.27. The number of carbonyl (C=O) groups is 1. The highest BCUT2D eigenvalue weighted by atomic mass is 16.5. The summed E-state index contributed by atoms with van der Waals surface area (Å²) in [5.74, 6) is 0.498. The van der Waals surface area contributed by atoms with Gasteiger partial charge in [0.2, 0.25) is 0 Å². The van der Waals surface area contributed by atoms with Crippen molar-refractivity contribution in [3.63, 3.8) is 0 Å². The molecule has 0 aromatic heterocycles. The SMILES string of the molecule is CC(C)(C)c1ccc(OC(=O)NCCC#N)cc1. The number of nitriles is 1. The minimum Gasteiger partial charge on any atom is -0.410 e. The Hall–Kier alpha value is -2.02. The number of rotatable bonds is 3. The molecule has 1 amide bonds. The van der Waals surface area contributed by atoms with Gasteiger partial charge in [-0.05, 0) is 23.1 Å². The second-order valence-corrected chi connectivity index (χ2v) is 5.00. The molecule has 1 rings (SSSR count). The van der Waals surface area contributed by atoms with Crippen molar-refractivity contribution in [2.75, 3.05) is 6.54 Å². The Bertz CT molecular complexity index is 438. The van der Waals surface area contributed by atoms with Crippen LogP contribution in [-0.4, -0.2) is 12.6 Å². The summed E-state index contributed by atoms with van der Waals surface area (Å²) in [6.45, 7) is 6.67.